The standard InChI is InChI=1S/C12H15NO3/c1-9(12(15)16-3)11(14)13(2)10-7-5-4-6-8-10/h4-9H,1-3H3/t9-/m0/s1. The SMILES string of the molecule is COC(=O)[C@@H](C)C(=O)N(C)c1ccccc1. The first-order valence-electron chi connectivity index (χ1n) is 4.98. The summed E-state index contributed by atoms with van der Waals surface area (Å²) in [6.45, 7) is 1.54. The number of carbonyl (C=O) groups is 2. The van der Waals surface area contributed by atoms with Gasteiger partial charge in [0.15, 0.2) is 0 Å². The lowest BCUT2D eigenvalue weighted by Crippen LogP contribution is -2.35. The third kappa shape index (κ3) is 2.59. The van der Waals surface area contributed by atoms with Crippen LogP contribution in [0.3, 0.4) is 0 Å². The van der Waals surface area contributed by atoms with Crippen molar-refractivity contribution in [3.05, 3.63) is 30.3 Å². The highest BCUT2D eigenvalue weighted by atomic mass is 16.5. The average molecular weight is 221 g/mol. The molecule has 1 aromatic carbocycles. The monoisotopic (exact) mass is 221 g/mol. The van der Waals surface area contributed by atoms with Crippen LogP contribution in [0.5, 0.6) is 0 Å². The van der Waals surface area contributed by atoms with Crippen LogP contribution >= 0.6 is 0 Å². The van der Waals surface area contributed by atoms with Gasteiger partial charge in [-0.2, -0.15) is 0 Å². The summed E-state index contributed by atoms with van der Waals surface area (Å²) in [6.07, 6.45) is 0. The Morgan fingerprint density at radius 3 is 2.31 bits per heavy atom. The molecule has 0 aliphatic carbocycles. The Labute approximate surface area is 94.8 Å². The molecule has 4 nitrogen and oxygen atoms in total. The number of rotatable bonds is 3. The minimum atomic E-state index is -0.782. The van der Waals surface area contributed by atoms with Crippen LogP contribution in [0.25, 0.3) is 0 Å². The van der Waals surface area contributed by atoms with E-state index >= 15 is 0 Å². The van der Waals surface area contributed by atoms with Crippen LogP contribution in [0.4, 0.5) is 5.69 Å². The molecule has 0 aliphatic rings. The molecule has 86 valence electrons. The van der Waals surface area contributed by atoms with E-state index in [0.29, 0.717) is 0 Å². The van der Waals surface area contributed by atoms with E-state index in [1.165, 1.54) is 18.9 Å². The van der Waals surface area contributed by atoms with E-state index in [0.717, 1.165) is 5.69 Å². The smallest absolute Gasteiger partial charge is 0.317 e. The van der Waals surface area contributed by atoms with Crippen molar-refractivity contribution in [3.8, 4) is 0 Å². The van der Waals surface area contributed by atoms with E-state index < -0.39 is 11.9 Å². The molecular weight excluding hydrogens is 206 g/mol. The Balaban J connectivity index is 2.79. The molecule has 1 aromatic rings. The Bertz CT molecular complexity index is 375. The van der Waals surface area contributed by atoms with E-state index in [2.05, 4.69) is 4.74 Å². The maximum absolute atomic E-state index is 11.9. The lowest BCUT2D eigenvalue weighted by molar-refractivity contribution is -0.148. The van der Waals surface area contributed by atoms with Crippen molar-refractivity contribution in [1.29, 1.82) is 0 Å². The topological polar surface area (TPSA) is 46.6 Å². The molecule has 16 heavy (non-hydrogen) atoms. The highest BCUT2D eigenvalue weighted by Crippen LogP contribution is 2.14. The number of anilines is 1. The number of hydrogen-bond donors (Lipinski definition) is 0. The number of carbonyl (C=O) groups excluding carboxylic acids is 2. The minimum Gasteiger partial charge on any atom is -0.468 e. The maximum atomic E-state index is 11.9. The molecule has 0 fully saturated rings. The normalized spacial score (nSPS) is 11.7. The molecule has 0 spiro atoms. The van der Waals surface area contributed by atoms with Crippen LogP contribution < -0.4 is 4.90 Å². The molecular formula is C12H15NO3. The summed E-state index contributed by atoms with van der Waals surface area (Å²) in [5.74, 6) is -1.58. The fraction of sp³-hybridized carbons (Fsp3) is 0.333. The third-order valence-electron chi connectivity index (χ3n) is 2.40. The van der Waals surface area contributed by atoms with Gasteiger partial charge in [-0.3, -0.25) is 9.59 Å². The Morgan fingerprint density at radius 1 is 1.25 bits per heavy atom. The highest BCUT2D eigenvalue weighted by molar-refractivity contribution is 6.05. The fourth-order valence-electron chi connectivity index (χ4n) is 1.35. The van der Waals surface area contributed by atoms with Gasteiger partial charge in [0, 0.05) is 12.7 Å². The summed E-state index contributed by atoms with van der Waals surface area (Å²) in [6, 6.07) is 9.15. The van der Waals surface area contributed by atoms with Crippen molar-refractivity contribution in [2.24, 2.45) is 5.92 Å². The van der Waals surface area contributed by atoms with Gasteiger partial charge in [-0.1, -0.05) is 18.2 Å². The van der Waals surface area contributed by atoms with Crippen LogP contribution in [0.2, 0.25) is 0 Å². The summed E-state index contributed by atoms with van der Waals surface area (Å²) >= 11 is 0. The zero-order valence-corrected chi connectivity index (χ0v) is 9.64. The Hall–Kier alpha value is -1.84. The van der Waals surface area contributed by atoms with Gasteiger partial charge in [0.25, 0.3) is 0 Å². The molecule has 1 rings (SSSR count). The molecule has 0 aromatic heterocycles. The molecule has 0 N–H and O–H groups in total. The van der Waals surface area contributed by atoms with Gasteiger partial charge < -0.3 is 9.64 Å². The molecule has 0 saturated heterocycles. The van der Waals surface area contributed by atoms with Crippen molar-refractivity contribution >= 4 is 17.6 Å². The van der Waals surface area contributed by atoms with Crippen molar-refractivity contribution in [2.75, 3.05) is 19.1 Å². The maximum Gasteiger partial charge on any atom is 0.317 e. The van der Waals surface area contributed by atoms with Gasteiger partial charge in [0.1, 0.15) is 5.92 Å². The molecule has 0 unspecified atom stereocenters. The zero-order chi connectivity index (χ0) is 12.1. The summed E-state index contributed by atoms with van der Waals surface area (Å²) in [7, 11) is 2.91. The number of nitrogens with zero attached hydrogens (tertiary/aromatic N) is 1. The number of benzene rings is 1. The first kappa shape index (κ1) is 12.2. The van der Waals surface area contributed by atoms with E-state index in [1.54, 1.807) is 7.05 Å². The molecule has 0 bridgehead atoms. The second-order valence-electron chi connectivity index (χ2n) is 3.48. The Kier molecular flexibility index (Phi) is 4.05. The molecule has 4 heteroatoms. The van der Waals surface area contributed by atoms with Crippen molar-refractivity contribution in [1.82, 2.24) is 0 Å². The van der Waals surface area contributed by atoms with Gasteiger partial charge in [0.2, 0.25) is 5.91 Å². The number of amides is 1. The third-order valence-corrected chi connectivity index (χ3v) is 2.40. The number of ether oxygens (including phenoxy) is 1. The molecule has 0 aliphatic heterocycles. The predicted octanol–water partition coefficient (Wildman–Crippen LogP) is 1.46. The summed E-state index contributed by atoms with van der Waals surface area (Å²) < 4.78 is 4.53. The van der Waals surface area contributed by atoms with Crippen molar-refractivity contribution in [2.45, 2.75) is 6.92 Å². The van der Waals surface area contributed by atoms with Crippen LogP contribution in [0.1, 0.15) is 6.92 Å². The quantitative estimate of drug-likeness (QED) is 0.573. The second kappa shape index (κ2) is 5.30. The summed E-state index contributed by atoms with van der Waals surface area (Å²) in [4.78, 5) is 24.5. The largest absolute Gasteiger partial charge is 0.468 e. The fourth-order valence-corrected chi connectivity index (χ4v) is 1.35. The highest BCUT2D eigenvalue weighted by Gasteiger charge is 2.25. The van der Waals surface area contributed by atoms with Crippen LogP contribution in [0, 0.1) is 5.92 Å². The van der Waals surface area contributed by atoms with Gasteiger partial charge in [-0.05, 0) is 19.1 Å². The van der Waals surface area contributed by atoms with Gasteiger partial charge in [0.05, 0.1) is 7.11 Å². The molecule has 0 radical (unpaired) electrons. The zero-order valence-electron chi connectivity index (χ0n) is 9.64. The van der Waals surface area contributed by atoms with E-state index in [1.807, 2.05) is 30.3 Å². The lowest BCUT2D eigenvalue weighted by atomic mass is 10.1. The van der Waals surface area contributed by atoms with E-state index in [4.69, 9.17) is 0 Å². The minimum absolute atomic E-state index is 0.280. The van der Waals surface area contributed by atoms with Gasteiger partial charge >= 0.3 is 5.97 Å². The molecule has 0 heterocycles. The van der Waals surface area contributed by atoms with Gasteiger partial charge in [-0.15, -0.1) is 0 Å². The first-order chi connectivity index (χ1) is 7.57. The first-order valence-corrected chi connectivity index (χ1v) is 4.98. The molecule has 1 amide bonds. The summed E-state index contributed by atoms with van der Waals surface area (Å²) in [5.41, 5.74) is 0.753. The number of methoxy groups -OCH3 is 1. The molecule has 1 atom stereocenters. The van der Waals surface area contributed by atoms with Crippen molar-refractivity contribution < 1.29 is 14.3 Å². The van der Waals surface area contributed by atoms with Gasteiger partial charge in [-0.25, -0.2) is 0 Å². The van der Waals surface area contributed by atoms with Crippen LogP contribution in [-0.4, -0.2) is 26.0 Å². The summed E-state index contributed by atoms with van der Waals surface area (Å²) in [5, 5.41) is 0. The second-order valence-corrected chi connectivity index (χ2v) is 3.48. The lowest BCUT2D eigenvalue weighted by Gasteiger charge is -2.20. The Morgan fingerprint density at radius 2 is 1.81 bits per heavy atom. The van der Waals surface area contributed by atoms with Crippen LogP contribution in [0.15, 0.2) is 30.3 Å². The number of esters is 1. The average Bonchev–Trinajstić information content (AvgIpc) is 2.36. The predicted molar refractivity (Wildman–Crippen MR) is 61.0 cm³/mol. The molecule has 0 saturated carbocycles. The van der Waals surface area contributed by atoms with Crippen LogP contribution in [-0.2, 0) is 14.3 Å². The van der Waals surface area contributed by atoms with E-state index in [9.17, 15) is 9.59 Å². The van der Waals surface area contributed by atoms with Crippen molar-refractivity contribution in [3.63, 3.8) is 0 Å². The van der Waals surface area contributed by atoms with E-state index in [-0.39, 0.29) is 5.91 Å². The number of hydrogen-bond acceptors (Lipinski definition) is 3. The number of para-hydroxylation sites is 1.